The van der Waals surface area contributed by atoms with Crippen LogP contribution in [0.5, 0.6) is 0 Å². The number of hydrogen-bond acceptors (Lipinski definition) is 2. The predicted octanol–water partition coefficient (Wildman–Crippen LogP) is 9.42. The molecule has 0 aromatic heterocycles. The van der Waals surface area contributed by atoms with E-state index in [4.69, 9.17) is 4.74 Å². The van der Waals surface area contributed by atoms with Crippen molar-refractivity contribution in [2.24, 2.45) is 34.5 Å². The smallest absolute Gasteiger partial charge is 0.306 e. The zero-order valence-electron chi connectivity index (χ0n) is 23.0. The molecule has 0 aromatic carbocycles. The van der Waals surface area contributed by atoms with E-state index in [0.717, 1.165) is 49.4 Å². The number of fused-ring (bicyclic) bond motifs is 5. The van der Waals surface area contributed by atoms with Gasteiger partial charge in [-0.15, -0.1) is 0 Å². The zero-order chi connectivity index (χ0) is 24.2. The van der Waals surface area contributed by atoms with Gasteiger partial charge in [-0.2, -0.15) is 0 Å². The van der Waals surface area contributed by atoms with Crippen LogP contribution in [0.3, 0.4) is 0 Å². The van der Waals surface area contributed by atoms with Crippen LogP contribution in [0.4, 0.5) is 0 Å². The van der Waals surface area contributed by atoms with Crippen molar-refractivity contribution >= 4 is 5.97 Å². The lowest BCUT2D eigenvalue weighted by Gasteiger charge is -2.58. The van der Waals surface area contributed by atoms with Gasteiger partial charge < -0.3 is 4.74 Å². The third-order valence-corrected chi connectivity index (χ3v) is 11.2. The number of rotatable bonds is 11. The molecule has 4 rings (SSSR count). The maximum Gasteiger partial charge on any atom is 0.306 e. The molecule has 0 aromatic rings. The van der Waals surface area contributed by atoms with Crippen molar-refractivity contribution in [2.45, 2.75) is 149 Å². The largest absolute Gasteiger partial charge is 0.462 e. The zero-order valence-corrected chi connectivity index (χ0v) is 23.0. The minimum Gasteiger partial charge on any atom is -0.462 e. The maximum absolute atomic E-state index is 12.2. The van der Waals surface area contributed by atoms with Crippen LogP contribution in [0.25, 0.3) is 0 Å². The van der Waals surface area contributed by atoms with E-state index in [2.05, 4.69) is 33.8 Å². The predicted molar refractivity (Wildman–Crippen MR) is 143 cm³/mol. The first-order valence-electron chi connectivity index (χ1n) is 15.3. The molecule has 4 aliphatic rings. The number of unbranched alkanes of at least 4 members (excludes halogenated alkanes) is 6. The average Bonchev–Trinajstić information content (AvgIpc) is 3.16. The van der Waals surface area contributed by atoms with Gasteiger partial charge in [0.1, 0.15) is 6.10 Å². The van der Waals surface area contributed by atoms with E-state index in [1.807, 2.05) is 0 Å². The lowest BCUT2D eigenvalue weighted by molar-refractivity contribution is -0.151. The molecular weight excluding hydrogens is 416 g/mol. The van der Waals surface area contributed by atoms with Crippen LogP contribution in [-0.4, -0.2) is 12.1 Å². The van der Waals surface area contributed by atoms with Crippen molar-refractivity contribution in [2.75, 3.05) is 0 Å². The summed E-state index contributed by atoms with van der Waals surface area (Å²) in [5.41, 5.74) is 2.59. The monoisotopic (exact) mass is 470 g/mol. The number of allylic oxidation sites excluding steroid dienone is 1. The Kier molecular flexibility index (Phi) is 8.90. The summed E-state index contributed by atoms with van der Waals surface area (Å²) in [7, 11) is 0. The molecule has 34 heavy (non-hydrogen) atoms. The molecule has 0 radical (unpaired) electrons. The lowest BCUT2D eigenvalue weighted by Crippen LogP contribution is -2.50. The van der Waals surface area contributed by atoms with Gasteiger partial charge in [0.2, 0.25) is 0 Å². The van der Waals surface area contributed by atoms with E-state index in [1.165, 1.54) is 83.5 Å². The number of carbonyl (C=O) groups is 1. The summed E-state index contributed by atoms with van der Waals surface area (Å²) in [4.78, 5) is 12.2. The molecule has 0 bridgehead atoms. The molecule has 3 fully saturated rings. The second kappa shape index (κ2) is 11.5. The molecule has 194 valence electrons. The van der Waals surface area contributed by atoms with Crippen LogP contribution >= 0.6 is 0 Å². The number of hydrogen-bond donors (Lipinski definition) is 0. The summed E-state index contributed by atoms with van der Waals surface area (Å²) in [6.07, 6.45) is 25.9. The summed E-state index contributed by atoms with van der Waals surface area (Å²) >= 11 is 0. The maximum atomic E-state index is 12.2. The van der Waals surface area contributed by atoms with Crippen molar-refractivity contribution in [1.29, 1.82) is 0 Å². The highest BCUT2D eigenvalue weighted by molar-refractivity contribution is 5.69. The fourth-order valence-corrected chi connectivity index (χ4v) is 9.05. The van der Waals surface area contributed by atoms with Gasteiger partial charge in [-0.3, -0.25) is 4.79 Å². The highest BCUT2D eigenvalue weighted by atomic mass is 16.5. The average molecular weight is 471 g/mol. The first-order valence-corrected chi connectivity index (χ1v) is 15.3. The molecule has 0 aliphatic heterocycles. The Morgan fingerprint density at radius 2 is 1.68 bits per heavy atom. The normalized spacial score (nSPS) is 39.1. The minimum atomic E-state index is 0.0283. The fourth-order valence-electron chi connectivity index (χ4n) is 9.05. The standard InChI is InChI=1S/C32H54O2/c1-5-7-9-10-11-12-13-24-16-18-28-27-17-15-25-23-26(34-30(33)14-8-6-2)19-21-32(25,4)29(27)20-22-31(24,28)3/h15,24,26-29H,5-14,16-23H2,1-4H3. The van der Waals surface area contributed by atoms with Gasteiger partial charge in [0.25, 0.3) is 0 Å². The van der Waals surface area contributed by atoms with Crippen molar-refractivity contribution in [1.82, 2.24) is 0 Å². The highest BCUT2D eigenvalue weighted by Crippen LogP contribution is 2.66. The van der Waals surface area contributed by atoms with Gasteiger partial charge in [-0.05, 0) is 92.3 Å². The summed E-state index contributed by atoms with van der Waals surface area (Å²) in [6, 6.07) is 0. The fraction of sp³-hybridized carbons (Fsp3) is 0.906. The van der Waals surface area contributed by atoms with Gasteiger partial charge in [0, 0.05) is 12.8 Å². The van der Waals surface area contributed by atoms with Crippen LogP contribution in [0.1, 0.15) is 143 Å². The van der Waals surface area contributed by atoms with Gasteiger partial charge >= 0.3 is 5.97 Å². The van der Waals surface area contributed by atoms with Gasteiger partial charge in [-0.1, -0.05) is 84.3 Å². The van der Waals surface area contributed by atoms with E-state index < -0.39 is 0 Å². The molecule has 0 saturated heterocycles. The number of esters is 1. The second-order valence-electron chi connectivity index (χ2n) is 13.1. The first kappa shape index (κ1) is 26.3. The van der Waals surface area contributed by atoms with Gasteiger partial charge in [0.05, 0.1) is 0 Å². The Morgan fingerprint density at radius 1 is 0.912 bits per heavy atom. The third-order valence-electron chi connectivity index (χ3n) is 11.2. The molecule has 0 heterocycles. The van der Waals surface area contributed by atoms with Crippen LogP contribution < -0.4 is 0 Å². The van der Waals surface area contributed by atoms with Crippen LogP contribution in [0.15, 0.2) is 11.6 Å². The molecule has 2 heteroatoms. The molecule has 0 spiro atoms. The molecule has 7 atom stereocenters. The van der Waals surface area contributed by atoms with E-state index in [1.54, 1.807) is 5.57 Å². The summed E-state index contributed by atoms with van der Waals surface area (Å²) < 4.78 is 5.91. The van der Waals surface area contributed by atoms with Gasteiger partial charge in [-0.25, -0.2) is 0 Å². The molecule has 4 aliphatic carbocycles. The third kappa shape index (κ3) is 5.31. The van der Waals surface area contributed by atoms with E-state index in [9.17, 15) is 4.79 Å². The Morgan fingerprint density at radius 3 is 2.47 bits per heavy atom. The number of ether oxygens (including phenoxy) is 1. The summed E-state index contributed by atoms with van der Waals surface area (Å²) in [5.74, 6) is 3.69. The highest BCUT2D eigenvalue weighted by Gasteiger charge is 2.58. The van der Waals surface area contributed by atoms with Crippen LogP contribution in [-0.2, 0) is 9.53 Å². The van der Waals surface area contributed by atoms with Gasteiger partial charge in [0.15, 0.2) is 0 Å². The van der Waals surface area contributed by atoms with Crippen molar-refractivity contribution in [3.05, 3.63) is 11.6 Å². The van der Waals surface area contributed by atoms with Crippen molar-refractivity contribution in [3.63, 3.8) is 0 Å². The van der Waals surface area contributed by atoms with Crippen molar-refractivity contribution < 1.29 is 9.53 Å². The van der Waals surface area contributed by atoms with Crippen LogP contribution in [0.2, 0.25) is 0 Å². The Balaban J connectivity index is 1.35. The lowest BCUT2D eigenvalue weighted by atomic mass is 9.47. The van der Waals surface area contributed by atoms with Crippen LogP contribution in [0, 0.1) is 34.5 Å². The SMILES string of the molecule is CCCCCCCCC1CCC2C3CC=C4CC(OC(=O)CCCC)CCC4(C)C3CCC12C. The molecule has 0 amide bonds. The summed E-state index contributed by atoms with van der Waals surface area (Å²) in [6.45, 7) is 9.72. The Labute approximate surface area is 211 Å². The second-order valence-corrected chi connectivity index (χ2v) is 13.1. The van der Waals surface area contributed by atoms with Crippen molar-refractivity contribution in [3.8, 4) is 0 Å². The molecular formula is C32H54O2. The Bertz CT molecular complexity index is 710. The number of carbonyl (C=O) groups excluding carboxylic acids is 1. The molecule has 2 nitrogen and oxygen atoms in total. The molecule has 3 saturated carbocycles. The molecule has 0 N–H and O–H groups in total. The van der Waals surface area contributed by atoms with E-state index in [0.29, 0.717) is 17.3 Å². The minimum absolute atomic E-state index is 0.0283. The summed E-state index contributed by atoms with van der Waals surface area (Å²) in [5, 5.41) is 0. The quantitative estimate of drug-likeness (QED) is 0.171. The van der Waals surface area contributed by atoms with E-state index >= 15 is 0 Å². The topological polar surface area (TPSA) is 26.3 Å². The first-order chi connectivity index (χ1) is 16.4. The Hall–Kier alpha value is -0.790. The molecule has 7 unspecified atom stereocenters. The van der Waals surface area contributed by atoms with E-state index in [-0.39, 0.29) is 12.1 Å².